The molecule has 3 aromatic rings. The van der Waals surface area contributed by atoms with E-state index < -0.39 is 44.5 Å². The van der Waals surface area contributed by atoms with Crippen LogP contribution < -0.4 is 26.3 Å². The number of nitrogens with zero attached hydrogens (tertiary/aromatic N) is 1. The number of fused-ring (bicyclic) bond motifs is 1. The molecule has 12 heteroatoms. The van der Waals surface area contributed by atoms with E-state index in [1.54, 1.807) is 4.90 Å². The van der Waals surface area contributed by atoms with Crippen molar-refractivity contribution >= 4 is 61.6 Å². The molecule has 3 aromatic carbocycles. The van der Waals surface area contributed by atoms with E-state index in [2.05, 4.69) is 61.0 Å². The molecule has 3 aliphatic rings. The molecular formula is C49H68N4O6SSi. The molecule has 10 nitrogen and oxygen atoms in total. The second kappa shape index (κ2) is 22.2. The monoisotopic (exact) mass is 868 g/mol. The van der Waals surface area contributed by atoms with Gasteiger partial charge in [0.1, 0.15) is 30.3 Å². The molecule has 0 radical (unpaired) electrons. The van der Waals surface area contributed by atoms with Gasteiger partial charge in [-0.05, 0) is 65.9 Å². The standard InChI is InChI=1S/C49H66N4O6Si.H2S/c1-35(59-60(49(2,3)4,38-25-14-7-15-26-38)39-27-16-8-17-28-39)44(54)31-19-9-18-29-40-45(55)51-41(33-36-21-10-5-11-22-36)46(56)52-42(34-37-23-12-6-13-24-37)48(58)53-32-20-30-43(53)47(57)50-40;/h6-8,12-17,23-28,35-36,40-43H,5,9-11,18-22,29-34H2,1-4H3,(H,50,57)(H,51,55)(H,52,56);1H2/t35-,40-,41+,42-,43+;/m0./s1. The summed E-state index contributed by atoms with van der Waals surface area (Å²) in [5, 5.41) is 11.1. The summed E-state index contributed by atoms with van der Waals surface area (Å²) in [7, 11) is -2.91. The average molecular weight is 869 g/mol. The molecular weight excluding hydrogens is 801 g/mol. The third-order valence-electron chi connectivity index (χ3n) is 12.9. The van der Waals surface area contributed by atoms with E-state index in [9.17, 15) is 24.0 Å². The van der Waals surface area contributed by atoms with E-state index >= 15 is 0 Å². The van der Waals surface area contributed by atoms with Crippen LogP contribution in [0, 0.1) is 5.92 Å². The molecule has 3 fully saturated rings. The quantitative estimate of drug-likeness (QED) is 0.122. The van der Waals surface area contributed by atoms with E-state index in [0.717, 1.165) is 48.0 Å². The Morgan fingerprint density at radius 3 is 1.87 bits per heavy atom. The smallest absolute Gasteiger partial charge is 0.262 e. The number of amides is 4. The number of nitrogens with one attached hydrogen (secondary N) is 3. The van der Waals surface area contributed by atoms with Gasteiger partial charge in [0.15, 0.2) is 5.78 Å². The van der Waals surface area contributed by atoms with Crippen molar-refractivity contribution < 1.29 is 28.4 Å². The number of hydrogen-bond donors (Lipinski definition) is 3. The highest BCUT2D eigenvalue weighted by atomic mass is 32.1. The second-order valence-corrected chi connectivity index (χ2v) is 22.5. The highest BCUT2D eigenvalue weighted by Crippen LogP contribution is 2.38. The Labute approximate surface area is 371 Å². The zero-order valence-corrected chi connectivity index (χ0v) is 38.6. The third-order valence-corrected chi connectivity index (χ3v) is 18.0. The number of rotatable bonds is 15. The Balaban J connectivity index is 0.00000704. The molecule has 330 valence electrons. The van der Waals surface area contributed by atoms with Crippen LogP contribution in [0.25, 0.3) is 0 Å². The van der Waals surface area contributed by atoms with Crippen LogP contribution in [0.4, 0.5) is 0 Å². The summed E-state index contributed by atoms with van der Waals surface area (Å²) in [6.45, 7) is 8.87. The summed E-state index contributed by atoms with van der Waals surface area (Å²) in [4.78, 5) is 71.9. The molecule has 2 saturated heterocycles. The Morgan fingerprint density at radius 1 is 0.705 bits per heavy atom. The van der Waals surface area contributed by atoms with E-state index in [1.165, 1.54) is 0 Å². The highest BCUT2D eigenvalue weighted by molar-refractivity contribution is 7.59. The minimum absolute atomic E-state index is 0. The normalized spacial score (nSPS) is 22.4. The maximum atomic E-state index is 14.2. The molecule has 6 rings (SSSR count). The molecule has 5 atom stereocenters. The molecule has 0 bridgehead atoms. The minimum Gasteiger partial charge on any atom is -0.398 e. The summed E-state index contributed by atoms with van der Waals surface area (Å²) in [5.74, 6) is -1.06. The van der Waals surface area contributed by atoms with Gasteiger partial charge >= 0.3 is 0 Å². The molecule has 0 spiro atoms. The van der Waals surface area contributed by atoms with E-state index in [4.69, 9.17) is 4.43 Å². The lowest BCUT2D eigenvalue weighted by Crippen LogP contribution is -2.68. The lowest BCUT2D eigenvalue weighted by Gasteiger charge is -2.44. The maximum absolute atomic E-state index is 14.2. The van der Waals surface area contributed by atoms with Crippen LogP contribution >= 0.6 is 13.5 Å². The Bertz CT molecular complexity index is 1870. The predicted molar refractivity (Wildman–Crippen MR) is 249 cm³/mol. The fourth-order valence-corrected chi connectivity index (χ4v) is 14.3. The van der Waals surface area contributed by atoms with Crippen molar-refractivity contribution in [3.8, 4) is 0 Å². The lowest BCUT2D eigenvalue weighted by atomic mass is 9.84. The number of carbonyl (C=O) groups excluding carboxylic acids is 5. The number of benzene rings is 3. The molecule has 1 saturated carbocycles. The molecule has 3 N–H and O–H groups in total. The van der Waals surface area contributed by atoms with Crippen molar-refractivity contribution in [1.29, 1.82) is 0 Å². The first kappa shape index (κ1) is 47.8. The zero-order valence-electron chi connectivity index (χ0n) is 36.6. The molecule has 0 unspecified atom stereocenters. The van der Waals surface area contributed by atoms with Gasteiger partial charge in [-0.2, -0.15) is 13.5 Å². The minimum atomic E-state index is -2.91. The van der Waals surface area contributed by atoms with Crippen molar-refractivity contribution in [3.05, 3.63) is 96.6 Å². The van der Waals surface area contributed by atoms with Gasteiger partial charge in [0.2, 0.25) is 23.6 Å². The number of hydrogen-bond acceptors (Lipinski definition) is 6. The van der Waals surface area contributed by atoms with Crippen molar-refractivity contribution in [1.82, 2.24) is 20.9 Å². The van der Waals surface area contributed by atoms with Gasteiger partial charge in [-0.15, -0.1) is 0 Å². The van der Waals surface area contributed by atoms with Crippen molar-refractivity contribution in [2.45, 2.75) is 153 Å². The van der Waals surface area contributed by atoms with Crippen LogP contribution in [0.3, 0.4) is 0 Å². The number of Topliss-reactive ketones (excluding diaryl/α,β-unsaturated/α-hetero) is 1. The van der Waals surface area contributed by atoms with E-state index in [-0.39, 0.29) is 54.4 Å². The topological polar surface area (TPSA) is 134 Å². The summed E-state index contributed by atoms with van der Waals surface area (Å²) in [5.41, 5.74) is 0.902. The molecule has 1 aliphatic carbocycles. The molecule has 2 aliphatic heterocycles. The molecule has 4 amide bonds. The van der Waals surface area contributed by atoms with Crippen molar-refractivity contribution in [2.24, 2.45) is 5.92 Å². The van der Waals surface area contributed by atoms with Crippen molar-refractivity contribution in [3.63, 3.8) is 0 Å². The van der Waals surface area contributed by atoms with Crippen LogP contribution in [0.2, 0.25) is 5.04 Å². The fraction of sp³-hybridized carbons (Fsp3) is 0.531. The van der Waals surface area contributed by atoms with Crippen LogP contribution in [0.15, 0.2) is 91.0 Å². The average Bonchev–Trinajstić information content (AvgIpc) is 3.75. The second-order valence-electron chi connectivity index (χ2n) is 18.3. The molecule has 2 heterocycles. The predicted octanol–water partition coefficient (Wildman–Crippen LogP) is 6.26. The van der Waals surface area contributed by atoms with Gasteiger partial charge in [-0.25, -0.2) is 0 Å². The van der Waals surface area contributed by atoms with Crippen LogP contribution in [-0.2, 0) is 34.8 Å². The Morgan fingerprint density at radius 2 is 1.26 bits per heavy atom. The highest BCUT2D eigenvalue weighted by Gasteiger charge is 2.51. The molecule has 61 heavy (non-hydrogen) atoms. The maximum Gasteiger partial charge on any atom is 0.262 e. The lowest BCUT2D eigenvalue weighted by molar-refractivity contribution is -0.143. The van der Waals surface area contributed by atoms with Crippen LogP contribution in [0.5, 0.6) is 0 Å². The van der Waals surface area contributed by atoms with Gasteiger partial charge in [0.25, 0.3) is 8.32 Å². The van der Waals surface area contributed by atoms with Gasteiger partial charge < -0.3 is 25.3 Å². The summed E-state index contributed by atoms with van der Waals surface area (Å²) >= 11 is 0. The summed E-state index contributed by atoms with van der Waals surface area (Å²) in [6, 6.07) is 26.9. The Hall–Kier alpha value is -4.26. The number of carbonyl (C=O) groups is 5. The van der Waals surface area contributed by atoms with Crippen molar-refractivity contribution in [2.75, 3.05) is 6.54 Å². The summed E-state index contributed by atoms with van der Waals surface area (Å²) < 4.78 is 7.06. The van der Waals surface area contributed by atoms with E-state index in [0.29, 0.717) is 57.9 Å². The first-order valence-corrected chi connectivity index (χ1v) is 24.4. The van der Waals surface area contributed by atoms with Crippen LogP contribution in [-0.4, -0.2) is 79.4 Å². The van der Waals surface area contributed by atoms with E-state index in [1.807, 2.05) is 73.7 Å². The first-order chi connectivity index (χ1) is 28.9. The first-order valence-electron chi connectivity index (χ1n) is 22.4. The Kier molecular flexibility index (Phi) is 17.4. The van der Waals surface area contributed by atoms with Crippen LogP contribution in [0.1, 0.15) is 117 Å². The van der Waals surface area contributed by atoms with Gasteiger partial charge in [-0.1, -0.05) is 157 Å². The van der Waals surface area contributed by atoms with Gasteiger partial charge in [0.05, 0.1) is 0 Å². The van der Waals surface area contributed by atoms with Gasteiger partial charge in [-0.3, -0.25) is 24.0 Å². The number of unbranched alkanes of at least 4 members (excludes halogenated alkanes) is 2. The third kappa shape index (κ3) is 12.0. The SMILES string of the molecule is C[C@H](O[Si](c1ccccc1)(c1ccccc1)C(C)(C)C)C(=O)CCCCC[C@@H]1NC(=O)[C@H]2CCCN2C(=O)[C@H](Cc2ccccc2)NC(=O)[C@@H](CC2CCCCC2)NC1=O.S. The fourth-order valence-electron chi connectivity index (χ4n) is 9.67. The molecule has 0 aromatic heterocycles. The summed E-state index contributed by atoms with van der Waals surface area (Å²) in [6.07, 6.45) is 9.13. The van der Waals surface area contributed by atoms with Gasteiger partial charge in [0, 0.05) is 19.4 Å². The largest absolute Gasteiger partial charge is 0.398 e. The number of ketones is 1. The zero-order chi connectivity index (χ0) is 42.7.